The summed E-state index contributed by atoms with van der Waals surface area (Å²) in [4.78, 5) is 21.2. The van der Waals surface area contributed by atoms with Crippen LogP contribution in [0.15, 0.2) is 194 Å². The fraction of sp³-hybridized carbons (Fsp3) is 0.0741. The molecule has 0 radical (unpaired) electrons. The summed E-state index contributed by atoms with van der Waals surface area (Å²) in [6.45, 7) is 6.80. The van der Waals surface area contributed by atoms with Crippen molar-refractivity contribution < 1.29 is 0 Å². The summed E-state index contributed by atoms with van der Waals surface area (Å²) in [5, 5.41) is 2.38. The quantitative estimate of drug-likeness (QED) is 0.162. The molecule has 3 aromatic heterocycles. The predicted molar refractivity (Wildman–Crippen MR) is 243 cm³/mol. The van der Waals surface area contributed by atoms with Crippen molar-refractivity contribution in [3.8, 4) is 73.5 Å². The van der Waals surface area contributed by atoms with E-state index < -0.39 is 0 Å². The van der Waals surface area contributed by atoms with Crippen molar-refractivity contribution in [2.45, 2.75) is 26.2 Å². The molecule has 282 valence electrons. The molecule has 0 bridgehead atoms. The van der Waals surface area contributed by atoms with Crippen LogP contribution in [0.1, 0.15) is 26.3 Å². The van der Waals surface area contributed by atoms with E-state index in [1.54, 1.807) is 0 Å². The molecular weight excluding hydrogens is 719 g/mol. The van der Waals surface area contributed by atoms with Crippen LogP contribution in [0.2, 0.25) is 0 Å². The monoisotopic (exact) mass is 759 g/mol. The second-order valence-corrected chi connectivity index (χ2v) is 16.0. The minimum atomic E-state index is -0.0442. The van der Waals surface area contributed by atoms with Gasteiger partial charge >= 0.3 is 0 Å². The Bertz CT molecular complexity index is 3000. The number of nitrogens with zero attached hydrogens (tertiary/aromatic N) is 5. The predicted octanol–water partition coefficient (Wildman–Crippen LogP) is 13.7. The first-order valence-electron chi connectivity index (χ1n) is 20.1. The molecule has 0 aliphatic rings. The maximum absolute atomic E-state index is 5.39. The average Bonchev–Trinajstić information content (AvgIpc) is 3.63. The van der Waals surface area contributed by atoms with Crippen molar-refractivity contribution in [1.82, 2.24) is 24.5 Å². The molecule has 0 N–H and O–H groups in total. The molecule has 0 aliphatic heterocycles. The van der Waals surface area contributed by atoms with E-state index in [1.807, 2.05) is 48.5 Å². The van der Waals surface area contributed by atoms with E-state index in [1.165, 1.54) is 16.3 Å². The number of para-hydroxylation sites is 1. The van der Waals surface area contributed by atoms with Crippen LogP contribution in [-0.4, -0.2) is 24.5 Å². The number of hydrogen-bond acceptors (Lipinski definition) is 4. The van der Waals surface area contributed by atoms with Crippen LogP contribution in [0.5, 0.6) is 0 Å². The van der Waals surface area contributed by atoms with E-state index in [0.29, 0.717) is 11.6 Å². The Morgan fingerprint density at radius 3 is 1.29 bits per heavy atom. The number of fused-ring (bicyclic) bond motifs is 3. The summed E-state index contributed by atoms with van der Waals surface area (Å²) in [6.07, 6.45) is 0. The zero-order valence-electron chi connectivity index (χ0n) is 33.2. The molecule has 10 aromatic rings. The van der Waals surface area contributed by atoms with Crippen LogP contribution in [-0.2, 0) is 5.41 Å². The van der Waals surface area contributed by atoms with Crippen LogP contribution in [0.4, 0.5) is 0 Å². The second kappa shape index (κ2) is 14.8. The van der Waals surface area contributed by atoms with E-state index in [-0.39, 0.29) is 5.41 Å². The van der Waals surface area contributed by atoms with E-state index >= 15 is 0 Å². The average molecular weight is 760 g/mol. The van der Waals surface area contributed by atoms with Gasteiger partial charge in [-0.1, -0.05) is 172 Å². The third-order valence-corrected chi connectivity index (χ3v) is 11.0. The summed E-state index contributed by atoms with van der Waals surface area (Å²) < 4.78 is 2.39. The summed E-state index contributed by atoms with van der Waals surface area (Å²) in [5.41, 5.74) is 13.6. The van der Waals surface area contributed by atoms with Gasteiger partial charge in [-0.2, -0.15) is 0 Å². The number of rotatable bonds is 7. The molecule has 59 heavy (non-hydrogen) atoms. The zero-order chi connectivity index (χ0) is 39.9. The molecule has 0 atom stereocenters. The van der Waals surface area contributed by atoms with Gasteiger partial charge in [-0.3, -0.25) is 0 Å². The Labute approximate surface area is 344 Å². The van der Waals surface area contributed by atoms with E-state index in [2.05, 4.69) is 171 Å². The first-order chi connectivity index (χ1) is 28.9. The Hall–Kier alpha value is -7.50. The Kier molecular flexibility index (Phi) is 8.99. The molecule has 0 unspecified atom stereocenters. The largest absolute Gasteiger partial charge is 0.308 e. The standard InChI is InChI=1S/C54H41N5/c1-54(2,3)41-29-30-43-42-26-16-17-27-49(42)59(51(43)33-41)50-31-28-40(52-55-45(36-18-8-4-9-19-36)34-46(56-52)37-20-10-5-11-21-37)32-44(50)53-57-47(38-22-12-6-13-23-38)35-48(58-53)39-24-14-7-15-25-39/h4-35H,1-3H3. The van der Waals surface area contributed by atoms with Crippen molar-refractivity contribution in [3.05, 3.63) is 200 Å². The first kappa shape index (κ1) is 35.9. The molecule has 3 heterocycles. The van der Waals surface area contributed by atoms with Crippen LogP contribution < -0.4 is 0 Å². The SMILES string of the molecule is CC(C)(C)c1ccc2c3ccccc3n(-c3ccc(-c4nc(-c5ccccc5)cc(-c5ccccc5)n4)cc3-c3nc(-c4ccccc4)cc(-c4ccccc4)n3)c2c1. The van der Waals surface area contributed by atoms with Crippen molar-refractivity contribution >= 4 is 21.8 Å². The van der Waals surface area contributed by atoms with Crippen molar-refractivity contribution in [1.29, 1.82) is 0 Å². The summed E-state index contributed by atoms with van der Waals surface area (Å²) in [5.74, 6) is 1.24. The number of benzene rings is 7. The lowest BCUT2D eigenvalue weighted by Crippen LogP contribution is -2.11. The minimum Gasteiger partial charge on any atom is -0.308 e. The van der Waals surface area contributed by atoms with Gasteiger partial charge in [0.05, 0.1) is 39.5 Å². The molecule has 0 aliphatic carbocycles. The lowest BCUT2D eigenvalue weighted by molar-refractivity contribution is 0.591. The highest BCUT2D eigenvalue weighted by atomic mass is 15.0. The highest BCUT2D eigenvalue weighted by Gasteiger charge is 2.23. The van der Waals surface area contributed by atoms with E-state index in [9.17, 15) is 0 Å². The zero-order valence-corrected chi connectivity index (χ0v) is 33.2. The smallest absolute Gasteiger partial charge is 0.162 e. The van der Waals surface area contributed by atoms with Gasteiger partial charge < -0.3 is 4.57 Å². The highest BCUT2D eigenvalue weighted by Crippen LogP contribution is 2.40. The molecule has 0 fully saturated rings. The number of aromatic nitrogens is 5. The van der Waals surface area contributed by atoms with Crippen LogP contribution in [0.3, 0.4) is 0 Å². The summed E-state index contributed by atoms with van der Waals surface area (Å²) in [6, 6.07) is 67.6. The molecular formula is C54H41N5. The van der Waals surface area contributed by atoms with Crippen LogP contribution >= 0.6 is 0 Å². The lowest BCUT2D eigenvalue weighted by atomic mass is 9.86. The second-order valence-electron chi connectivity index (χ2n) is 16.0. The minimum absolute atomic E-state index is 0.0442. The Balaban J connectivity index is 1.28. The van der Waals surface area contributed by atoms with Gasteiger partial charge in [0, 0.05) is 44.2 Å². The fourth-order valence-corrected chi connectivity index (χ4v) is 7.92. The summed E-state index contributed by atoms with van der Waals surface area (Å²) >= 11 is 0. The third kappa shape index (κ3) is 6.87. The van der Waals surface area contributed by atoms with Gasteiger partial charge in [0.15, 0.2) is 11.6 Å². The molecule has 0 spiro atoms. The maximum Gasteiger partial charge on any atom is 0.162 e. The molecule has 10 rings (SSSR count). The molecule has 5 heteroatoms. The van der Waals surface area contributed by atoms with Gasteiger partial charge in [-0.15, -0.1) is 0 Å². The van der Waals surface area contributed by atoms with E-state index in [0.717, 1.165) is 72.9 Å². The van der Waals surface area contributed by atoms with Gasteiger partial charge in [0.25, 0.3) is 0 Å². The van der Waals surface area contributed by atoms with Crippen molar-refractivity contribution in [2.24, 2.45) is 0 Å². The fourth-order valence-electron chi connectivity index (χ4n) is 7.92. The topological polar surface area (TPSA) is 56.5 Å². The van der Waals surface area contributed by atoms with Gasteiger partial charge in [0.2, 0.25) is 0 Å². The highest BCUT2D eigenvalue weighted by molar-refractivity contribution is 6.10. The third-order valence-electron chi connectivity index (χ3n) is 11.0. The molecule has 0 amide bonds. The first-order valence-corrected chi connectivity index (χ1v) is 20.1. The normalized spacial score (nSPS) is 11.6. The lowest BCUT2D eigenvalue weighted by Gasteiger charge is -2.20. The Morgan fingerprint density at radius 2 is 0.797 bits per heavy atom. The molecule has 7 aromatic carbocycles. The maximum atomic E-state index is 5.39. The summed E-state index contributed by atoms with van der Waals surface area (Å²) in [7, 11) is 0. The molecule has 5 nitrogen and oxygen atoms in total. The van der Waals surface area contributed by atoms with Crippen LogP contribution in [0, 0.1) is 0 Å². The Morgan fingerprint density at radius 1 is 0.356 bits per heavy atom. The molecule has 0 saturated heterocycles. The van der Waals surface area contributed by atoms with E-state index in [4.69, 9.17) is 19.9 Å². The van der Waals surface area contributed by atoms with Crippen LogP contribution in [0.25, 0.3) is 95.3 Å². The van der Waals surface area contributed by atoms with Gasteiger partial charge in [0.1, 0.15) is 0 Å². The van der Waals surface area contributed by atoms with Crippen molar-refractivity contribution in [3.63, 3.8) is 0 Å². The van der Waals surface area contributed by atoms with Crippen molar-refractivity contribution in [2.75, 3.05) is 0 Å². The molecule has 0 saturated carbocycles. The van der Waals surface area contributed by atoms with Gasteiger partial charge in [-0.05, 0) is 53.4 Å². The number of hydrogen-bond donors (Lipinski definition) is 0. The van der Waals surface area contributed by atoms with Gasteiger partial charge in [-0.25, -0.2) is 19.9 Å².